The Hall–Kier alpha value is -3.92. The third-order valence-electron chi connectivity index (χ3n) is 7.22. The SMILES string of the molecule is COc1ccc([N+](=O)[O-])cc1OCCN1CCC(F)(F)CC1.COc1ccc([N+](=O)[O-])cc1OCCN1CCC(F)(F)CC1. The minimum Gasteiger partial charge on any atom is -0.493 e. The van der Waals surface area contributed by atoms with Crippen LogP contribution < -0.4 is 18.9 Å². The first-order valence-electron chi connectivity index (χ1n) is 13.9. The maximum absolute atomic E-state index is 13.0. The molecule has 2 aliphatic rings. The first-order valence-corrected chi connectivity index (χ1v) is 13.9. The number of nitro benzene ring substituents is 2. The summed E-state index contributed by atoms with van der Waals surface area (Å²) in [6.07, 6.45) is -0.583. The molecule has 0 spiro atoms. The average molecular weight is 633 g/mol. The number of likely N-dealkylation sites (tertiary alicyclic amines) is 2. The van der Waals surface area contributed by atoms with E-state index in [1.807, 2.05) is 9.80 Å². The quantitative estimate of drug-likeness (QED) is 0.170. The summed E-state index contributed by atoms with van der Waals surface area (Å²) in [7, 11) is 2.89. The lowest BCUT2D eigenvalue weighted by Gasteiger charge is -2.31. The highest BCUT2D eigenvalue weighted by atomic mass is 19.3. The molecule has 2 aliphatic heterocycles. The van der Waals surface area contributed by atoms with Crippen molar-refractivity contribution in [2.24, 2.45) is 0 Å². The second-order valence-corrected chi connectivity index (χ2v) is 10.3. The van der Waals surface area contributed by atoms with Gasteiger partial charge in [-0.2, -0.15) is 0 Å². The van der Waals surface area contributed by atoms with Gasteiger partial charge in [-0.1, -0.05) is 0 Å². The first-order chi connectivity index (χ1) is 20.8. The molecule has 2 heterocycles. The number of hydrogen-bond acceptors (Lipinski definition) is 10. The molecule has 2 aromatic rings. The van der Waals surface area contributed by atoms with Crippen LogP contribution in [0.4, 0.5) is 28.9 Å². The number of nitro groups is 2. The number of piperidine rings is 2. The summed E-state index contributed by atoms with van der Waals surface area (Å²) >= 11 is 0. The van der Waals surface area contributed by atoms with Crippen LogP contribution in [0.1, 0.15) is 25.7 Å². The Labute approximate surface area is 251 Å². The molecule has 0 N–H and O–H groups in total. The second-order valence-electron chi connectivity index (χ2n) is 10.3. The van der Waals surface area contributed by atoms with Crippen molar-refractivity contribution in [3.05, 3.63) is 56.6 Å². The van der Waals surface area contributed by atoms with Crippen LogP contribution in [0.2, 0.25) is 0 Å². The molecule has 0 bridgehead atoms. The monoisotopic (exact) mass is 632 g/mol. The van der Waals surface area contributed by atoms with Crippen molar-refractivity contribution in [3.8, 4) is 23.0 Å². The van der Waals surface area contributed by atoms with Crippen LogP contribution >= 0.6 is 0 Å². The van der Waals surface area contributed by atoms with Gasteiger partial charge >= 0.3 is 0 Å². The molecule has 4 rings (SSSR count). The van der Waals surface area contributed by atoms with Crippen molar-refractivity contribution in [2.45, 2.75) is 37.5 Å². The first kappa shape index (κ1) is 34.6. The Morgan fingerprint density at radius 2 is 1.00 bits per heavy atom. The zero-order chi connectivity index (χ0) is 32.3. The van der Waals surface area contributed by atoms with Crippen molar-refractivity contribution in [1.82, 2.24) is 9.80 Å². The molecule has 0 aromatic heterocycles. The molecule has 0 atom stereocenters. The van der Waals surface area contributed by atoms with E-state index in [-0.39, 0.29) is 61.8 Å². The number of methoxy groups -OCH3 is 2. The Balaban J connectivity index is 0.000000240. The van der Waals surface area contributed by atoms with Crippen LogP contribution in [-0.2, 0) is 0 Å². The molecule has 0 radical (unpaired) electrons. The molecule has 0 amide bonds. The molecule has 0 saturated carbocycles. The number of alkyl halides is 4. The molecule has 16 heteroatoms. The van der Waals surface area contributed by atoms with E-state index >= 15 is 0 Å². The fourth-order valence-corrected chi connectivity index (χ4v) is 4.56. The van der Waals surface area contributed by atoms with Gasteiger partial charge in [0.25, 0.3) is 23.2 Å². The smallest absolute Gasteiger partial charge is 0.273 e. The molecule has 244 valence electrons. The molecule has 2 fully saturated rings. The topological polar surface area (TPSA) is 130 Å². The van der Waals surface area contributed by atoms with E-state index in [4.69, 9.17) is 18.9 Å². The van der Waals surface area contributed by atoms with Gasteiger partial charge in [0.05, 0.1) is 36.2 Å². The predicted octanol–water partition coefficient (Wildman–Crippen LogP) is 5.43. The summed E-state index contributed by atoms with van der Waals surface area (Å²) < 4.78 is 73.4. The van der Waals surface area contributed by atoms with Crippen molar-refractivity contribution >= 4 is 11.4 Å². The van der Waals surface area contributed by atoms with E-state index in [1.54, 1.807) is 0 Å². The van der Waals surface area contributed by atoms with Crippen molar-refractivity contribution in [2.75, 3.05) is 66.7 Å². The molecule has 12 nitrogen and oxygen atoms in total. The molecule has 2 saturated heterocycles. The zero-order valence-electron chi connectivity index (χ0n) is 24.5. The van der Waals surface area contributed by atoms with E-state index < -0.39 is 21.7 Å². The maximum Gasteiger partial charge on any atom is 0.273 e. The molecule has 44 heavy (non-hydrogen) atoms. The molecule has 2 aromatic carbocycles. The van der Waals surface area contributed by atoms with E-state index in [0.717, 1.165) is 0 Å². The largest absolute Gasteiger partial charge is 0.493 e. The lowest BCUT2D eigenvalue weighted by molar-refractivity contribution is -0.385. The van der Waals surface area contributed by atoms with Gasteiger partial charge in [-0.25, -0.2) is 17.6 Å². The predicted molar refractivity (Wildman–Crippen MR) is 152 cm³/mol. The Bertz CT molecular complexity index is 1150. The summed E-state index contributed by atoms with van der Waals surface area (Å²) in [6.45, 7) is 2.77. The van der Waals surface area contributed by atoms with Gasteiger partial charge in [-0.3, -0.25) is 30.0 Å². The van der Waals surface area contributed by atoms with E-state index in [2.05, 4.69) is 0 Å². The number of non-ortho nitro benzene ring substituents is 2. The van der Waals surface area contributed by atoms with Gasteiger partial charge < -0.3 is 18.9 Å². The summed E-state index contributed by atoms with van der Waals surface area (Å²) in [6, 6.07) is 8.19. The minimum atomic E-state index is -2.57. The summed E-state index contributed by atoms with van der Waals surface area (Å²) in [5.74, 6) is -3.79. The van der Waals surface area contributed by atoms with Gasteiger partial charge in [-0.05, 0) is 12.1 Å². The third-order valence-corrected chi connectivity index (χ3v) is 7.22. The number of nitrogens with zero attached hydrogens (tertiary/aromatic N) is 4. The molecule has 0 aliphatic carbocycles. The van der Waals surface area contributed by atoms with Gasteiger partial charge in [0.2, 0.25) is 0 Å². The van der Waals surface area contributed by atoms with Crippen LogP contribution in [0.15, 0.2) is 36.4 Å². The second kappa shape index (κ2) is 15.7. The molecular formula is C28H36F4N4O8. The number of ether oxygens (including phenoxy) is 4. The van der Waals surface area contributed by atoms with Crippen LogP contribution in [0.5, 0.6) is 23.0 Å². The highest BCUT2D eigenvalue weighted by molar-refractivity contribution is 5.49. The fourth-order valence-electron chi connectivity index (χ4n) is 4.56. The third kappa shape index (κ3) is 10.7. The highest BCUT2D eigenvalue weighted by Crippen LogP contribution is 2.33. The van der Waals surface area contributed by atoms with Gasteiger partial charge in [-0.15, -0.1) is 0 Å². The normalized spacial score (nSPS) is 18.0. The van der Waals surface area contributed by atoms with E-state index in [1.165, 1.54) is 50.6 Å². The highest BCUT2D eigenvalue weighted by Gasteiger charge is 2.34. The Kier molecular flexibility index (Phi) is 12.3. The summed E-state index contributed by atoms with van der Waals surface area (Å²) in [5, 5.41) is 21.5. The Morgan fingerprint density at radius 1 is 0.659 bits per heavy atom. The van der Waals surface area contributed by atoms with Gasteiger partial charge in [0, 0.05) is 77.1 Å². The lowest BCUT2D eigenvalue weighted by Crippen LogP contribution is -2.41. The van der Waals surface area contributed by atoms with E-state index in [9.17, 15) is 37.8 Å². The number of benzene rings is 2. The molecular weight excluding hydrogens is 596 g/mol. The van der Waals surface area contributed by atoms with Crippen molar-refractivity contribution < 1.29 is 46.4 Å². The standard InChI is InChI=1S/2C14H18F2N2O4/c2*1-21-12-3-2-11(18(19)20)10-13(12)22-9-8-17-6-4-14(15,16)5-7-17/h2*2-3,10H,4-9H2,1H3. The fraction of sp³-hybridized carbons (Fsp3) is 0.571. The van der Waals surface area contributed by atoms with Crippen LogP contribution in [0, 0.1) is 20.2 Å². The van der Waals surface area contributed by atoms with Gasteiger partial charge in [0.15, 0.2) is 23.0 Å². The lowest BCUT2D eigenvalue weighted by atomic mass is 10.1. The minimum absolute atomic E-state index is 0.0894. The maximum atomic E-state index is 13.0. The zero-order valence-corrected chi connectivity index (χ0v) is 24.5. The van der Waals surface area contributed by atoms with Crippen LogP contribution in [0.3, 0.4) is 0 Å². The van der Waals surface area contributed by atoms with Gasteiger partial charge in [0.1, 0.15) is 13.2 Å². The van der Waals surface area contributed by atoms with Crippen LogP contribution in [0.25, 0.3) is 0 Å². The number of hydrogen-bond donors (Lipinski definition) is 0. The summed E-state index contributed by atoms with van der Waals surface area (Å²) in [5.41, 5.74) is -0.179. The van der Waals surface area contributed by atoms with Crippen molar-refractivity contribution in [3.63, 3.8) is 0 Å². The van der Waals surface area contributed by atoms with Crippen LogP contribution in [-0.4, -0.2) is 98.2 Å². The van der Waals surface area contributed by atoms with E-state index in [0.29, 0.717) is 50.8 Å². The number of halogens is 4. The number of rotatable bonds is 12. The Morgan fingerprint density at radius 3 is 1.30 bits per heavy atom. The summed E-state index contributed by atoms with van der Waals surface area (Å²) in [4.78, 5) is 24.3. The molecule has 0 unspecified atom stereocenters. The van der Waals surface area contributed by atoms with Crippen molar-refractivity contribution in [1.29, 1.82) is 0 Å². The average Bonchev–Trinajstić information content (AvgIpc) is 2.99.